The van der Waals surface area contributed by atoms with Crippen LogP contribution in [0.15, 0.2) is 67.6 Å². The molecule has 0 radical (unpaired) electrons. The molecule has 0 aliphatic rings. The Morgan fingerprint density at radius 2 is 1.15 bits per heavy atom. The summed E-state index contributed by atoms with van der Waals surface area (Å²) in [7, 11) is 0. The molecular formula is C18H16N6O2. The molecule has 0 aliphatic heterocycles. The van der Waals surface area contributed by atoms with E-state index in [9.17, 15) is 0 Å². The van der Waals surface area contributed by atoms with Crippen LogP contribution in [-0.2, 0) is 0 Å². The molecule has 8 nitrogen and oxygen atoms in total. The number of para-hydroxylation sites is 4. The molecule has 0 atom stereocenters. The Balaban J connectivity index is 1.44. The van der Waals surface area contributed by atoms with Gasteiger partial charge in [0, 0.05) is 0 Å². The Morgan fingerprint density at radius 3 is 1.58 bits per heavy atom. The predicted molar refractivity (Wildman–Crippen MR) is 101 cm³/mol. The maximum Gasteiger partial charge on any atom is 0.316 e. The van der Waals surface area contributed by atoms with E-state index in [-0.39, 0.29) is 0 Å². The molecule has 0 saturated carbocycles. The highest BCUT2D eigenvalue weighted by Crippen LogP contribution is 2.19. The quantitative estimate of drug-likeness (QED) is 0.413. The second-order valence-electron chi connectivity index (χ2n) is 5.59. The van der Waals surface area contributed by atoms with E-state index in [0.29, 0.717) is 34.6 Å². The van der Waals surface area contributed by atoms with E-state index < -0.39 is 0 Å². The summed E-state index contributed by atoms with van der Waals surface area (Å²) in [5, 5.41) is 8.47. The van der Waals surface area contributed by atoms with Crippen molar-refractivity contribution in [2.24, 2.45) is 10.2 Å². The van der Waals surface area contributed by atoms with Crippen LogP contribution in [0.4, 0.5) is 12.0 Å². The van der Waals surface area contributed by atoms with Crippen LogP contribution in [0, 0.1) is 0 Å². The van der Waals surface area contributed by atoms with Gasteiger partial charge in [-0.1, -0.05) is 24.3 Å². The number of benzene rings is 2. The van der Waals surface area contributed by atoms with E-state index in [1.165, 1.54) is 0 Å². The lowest BCUT2D eigenvalue weighted by atomic mass is 10.3. The summed E-state index contributed by atoms with van der Waals surface area (Å²) < 4.78 is 11.1. The summed E-state index contributed by atoms with van der Waals surface area (Å²) in [5.74, 6) is 0. The highest BCUT2D eigenvalue weighted by atomic mass is 16.4. The fourth-order valence-corrected chi connectivity index (χ4v) is 2.27. The lowest BCUT2D eigenvalue weighted by Crippen LogP contribution is -2.10. The topological polar surface area (TPSA) is 101 Å². The molecule has 0 aliphatic carbocycles. The van der Waals surface area contributed by atoms with E-state index in [2.05, 4.69) is 31.0 Å². The number of hydrazone groups is 2. The summed E-state index contributed by atoms with van der Waals surface area (Å²) in [6, 6.07) is 15.7. The molecule has 0 fully saturated rings. The van der Waals surface area contributed by atoms with Gasteiger partial charge in [-0.25, -0.2) is 10.9 Å². The molecule has 0 spiro atoms. The molecule has 2 N–H and O–H groups in total. The molecule has 26 heavy (non-hydrogen) atoms. The standard InChI is InChI=1S/C18H16N6O2/c1-11(21-23-17-19-13-7-3-5-9-15(13)25-17)12(2)22-24-18-20-14-8-4-6-10-16(14)26-18/h3-10H,1-2H3,(H,19,23)(H,20,24)/b21-11-,22-12+. The van der Waals surface area contributed by atoms with Gasteiger partial charge in [0.05, 0.1) is 11.4 Å². The van der Waals surface area contributed by atoms with Gasteiger partial charge in [0.15, 0.2) is 11.2 Å². The maximum atomic E-state index is 5.55. The van der Waals surface area contributed by atoms with Crippen molar-refractivity contribution < 1.29 is 8.83 Å². The molecule has 8 heteroatoms. The normalized spacial score (nSPS) is 12.7. The highest BCUT2D eigenvalue weighted by molar-refractivity contribution is 6.40. The average Bonchev–Trinajstić information content (AvgIpc) is 3.27. The fraction of sp³-hybridized carbons (Fsp3) is 0.111. The molecule has 0 bridgehead atoms. The number of nitrogens with zero attached hydrogens (tertiary/aromatic N) is 4. The highest BCUT2D eigenvalue weighted by Gasteiger charge is 2.06. The van der Waals surface area contributed by atoms with Gasteiger partial charge in [0.2, 0.25) is 0 Å². The SMILES string of the molecule is CC(=N/Nc1nc2ccccc2o1)/C(C)=N/Nc1nc2ccccc2o1. The summed E-state index contributed by atoms with van der Waals surface area (Å²) in [6.45, 7) is 3.64. The van der Waals surface area contributed by atoms with Crippen molar-refractivity contribution in [3.05, 3.63) is 48.5 Å². The molecule has 4 aromatic rings. The zero-order valence-electron chi connectivity index (χ0n) is 14.2. The van der Waals surface area contributed by atoms with Crippen LogP contribution in [-0.4, -0.2) is 21.4 Å². The Morgan fingerprint density at radius 1 is 0.731 bits per heavy atom. The Kier molecular flexibility index (Phi) is 4.06. The minimum atomic E-state index is 0.324. The molecule has 2 heterocycles. The first-order valence-electron chi connectivity index (χ1n) is 8.01. The summed E-state index contributed by atoms with van der Waals surface area (Å²) in [6.07, 6.45) is 0. The third-order valence-electron chi connectivity index (χ3n) is 3.75. The predicted octanol–water partition coefficient (Wildman–Crippen LogP) is 4.24. The molecule has 0 amide bonds. The molecule has 0 saturated heterocycles. The average molecular weight is 348 g/mol. The smallest absolute Gasteiger partial charge is 0.316 e. The summed E-state index contributed by atoms with van der Waals surface area (Å²) in [5.41, 5.74) is 9.86. The van der Waals surface area contributed by atoms with Gasteiger partial charge in [-0.15, -0.1) is 0 Å². The molecule has 2 aromatic heterocycles. The van der Waals surface area contributed by atoms with Gasteiger partial charge in [0.25, 0.3) is 0 Å². The van der Waals surface area contributed by atoms with Gasteiger partial charge in [0.1, 0.15) is 11.0 Å². The molecule has 2 aromatic carbocycles. The second kappa shape index (κ2) is 6.67. The van der Waals surface area contributed by atoms with Crippen molar-refractivity contribution in [3.8, 4) is 0 Å². The zero-order valence-corrected chi connectivity index (χ0v) is 14.2. The van der Waals surface area contributed by atoms with Crippen LogP contribution in [0.25, 0.3) is 22.2 Å². The minimum absolute atomic E-state index is 0.324. The Hall–Kier alpha value is -3.68. The lowest BCUT2D eigenvalue weighted by Gasteiger charge is -2.00. The first-order valence-corrected chi connectivity index (χ1v) is 8.01. The van der Waals surface area contributed by atoms with E-state index in [0.717, 1.165) is 11.0 Å². The van der Waals surface area contributed by atoms with Crippen molar-refractivity contribution >= 4 is 45.7 Å². The number of oxazole rings is 2. The van der Waals surface area contributed by atoms with Crippen molar-refractivity contribution in [1.29, 1.82) is 0 Å². The van der Waals surface area contributed by atoms with E-state index >= 15 is 0 Å². The van der Waals surface area contributed by atoms with Crippen molar-refractivity contribution in [2.75, 3.05) is 10.9 Å². The van der Waals surface area contributed by atoms with E-state index in [1.54, 1.807) is 0 Å². The summed E-state index contributed by atoms with van der Waals surface area (Å²) in [4.78, 5) is 8.59. The number of nitrogens with one attached hydrogen (secondary N) is 2. The first kappa shape index (κ1) is 15.8. The maximum absolute atomic E-state index is 5.55. The van der Waals surface area contributed by atoms with Crippen molar-refractivity contribution in [2.45, 2.75) is 13.8 Å². The van der Waals surface area contributed by atoms with E-state index in [4.69, 9.17) is 8.83 Å². The van der Waals surface area contributed by atoms with Crippen LogP contribution < -0.4 is 10.9 Å². The third kappa shape index (κ3) is 3.25. The molecule has 4 rings (SSSR count). The van der Waals surface area contributed by atoms with Crippen LogP contribution in [0.2, 0.25) is 0 Å². The Labute approximate surface area is 148 Å². The number of fused-ring (bicyclic) bond motifs is 2. The largest absolute Gasteiger partial charge is 0.422 e. The van der Waals surface area contributed by atoms with E-state index in [1.807, 2.05) is 62.4 Å². The van der Waals surface area contributed by atoms with Gasteiger partial charge < -0.3 is 8.83 Å². The number of rotatable bonds is 5. The van der Waals surface area contributed by atoms with Gasteiger partial charge in [-0.3, -0.25) is 0 Å². The second-order valence-corrected chi connectivity index (χ2v) is 5.59. The lowest BCUT2D eigenvalue weighted by molar-refractivity contribution is 0.616. The van der Waals surface area contributed by atoms with Crippen molar-refractivity contribution in [3.63, 3.8) is 0 Å². The zero-order chi connectivity index (χ0) is 17.9. The van der Waals surface area contributed by atoms with Crippen LogP contribution in [0.5, 0.6) is 0 Å². The van der Waals surface area contributed by atoms with Gasteiger partial charge >= 0.3 is 12.0 Å². The summed E-state index contributed by atoms with van der Waals surface area (Å²) >= 11 is 0. The van der Waals surface area contributed by atoms with Crippen LogP contribution >= 0.6 is 0 Å². The molecular weight excluding hydrogens is 332 g/mol. The first-order chi connectivity index (χ1) is 12.7. The Bertz CT molecular complexity index is 969. The number of hydrogen-bond donors (Lipinski definition) is 2. The minimum Gasteiger partial charge on any atom is -0.422 e. The van der Waals surface area contributed by atoms with Gasteiger partial charge in [-0.05, 0) is 38.1 Å². The van der Waals surface area contributed by atoms with Crippen molar-refractivity contribution in [1.82, 2.24) is 9.97 Å². The number of aromatic nitrogens is 2. The fourth-order valence-electron chi connectivity index (χ4n) is 2.27. The molecule has 130 valence electrons. The number of anilines is 2. The van der Waals surface area contributed by atoms with Crippen LogP contribution in [0.1, 0.15) is 13.8 Å². The molecule has 0 unspecified atom stereocenters. The van der Waals surface area contributed by atoms with Gasteiger partial charge in [-0.2, -0.15) is 20.2 Å². The number of hydrogen-bond acceptors (Lipinski definition) is 8. The van der Waals surface area contributed by atoms with Crippen LogP contribution in [0.3, 0.4) is 0 Å². The third-order valence-corrected chi connectivity index (χ3v) is 3.75. The monoisotopic (exact) mass is 348 g/mol.